The molecule has 0 aliphatic carbocycles. The molecule has 0 unspecified atom stereocenters. The summed E-state index contributed by atoms with van der Waals surface area (Å²) in [6.45, 7) is 2.49. The summed E-state index contributed by atoms with van der Waals surface area (Å²) in [4.78, 5) is 10.7. The number of carbonyl (C=O) groups is 1. The van der Waals surface area contributed by atoms with Gasteiger partial charge in [0.05, 0.1) is 13.7 Å². The van der Waals surface area contributed by atoms with E-state index in [-0.39, 0.29) is 11.6 Å². The van der Waals surface area contributed by atoms with Crippen LogP contribution in [0.2, 0.25) is 0 Å². The van der Waals surface area contributed by atoms with Gasteiger partial charge in [-0.3, -0.25) is 4.79 Å². The zero-order valence-corrected chi connectivity index (χ0v) is 9.55. The topological polar surface area (TPSA) is 38.3 Å². The van der Waals surface area contributed by atoms with Gasteiger partial charge in [-0.05, 0) is 43.7 Å². The number of ketones is 1. The van der Waals surface area contributed by atoms with Crippen molar-refractivity contribution in [3.05, 3.63) is 29.6 Å². The average Bonchev–Trinajstić information content (AvgIpc) is 2.24. The molecule has 1 aromatic rings. The molecule has 88 valence electrons. The van der Waals surface area contributed by atoms with Gasteiger partial charge in [-0.25, -0.2) is 4.39 Å². The van der Waals surface area contributed by atoms with E-state index in [2.05, 4.69) is 5.32 Å². The monoisotopic (exact) mass is 225 g/mol. The highest BCUT2D eigenvalue weighted by Gasteiger charge is 2.04. The van der Waals surface area contributed by atoms with E-state index >= 15 is 0 Å². The first-order valence-electron chi connectivity index (χ1n) is 5.16. The van der Waals surface area contributed by atoms with Crippen molar-refractivity contribution in [3.8, 4) is 5.75 Å². The minimum Gasteiger partial charge on any atom is -0.496 e. The van der Waals surface area contributed by atoms with Crippen LogP contribution in [-0.2, 0) is 11.2 Å². The summed E-state index contributed by atoms with van der Waals surface area (Å²) >= 11 is 0. The molecule has 0 aromatic heterocycles. The van der Waals surface area contributed by atoms with Gasteiger partial charge in [-0.2, -0.15) is 0 Å². The molecule has 0 aliphatic rings. The van der Waals surface area contributed by atoms with Crippen molar-refractivity contribution in [2.45, 2.75) is 13.3 Å². The maximum Gasteiger partial charge on any atom is 0.143 e. The molecule has 0 bridgehead atoms. The number of Topliss-reactive ketones (excluding diaryl/α,β-unsaturated/α-hetero) is 1. The van der Waals surface area contributed by atoms with Crippen molar-refractivity contribution in [1.29, 1.82) is 0 Å². The average molecular weight is 225 g/mol. The molecule has 16 heavy (non-hydrogen) atoms. The highest BCUT2D eigenvalue weighted by molar-refractivity contribution is 5.77. The van der Waals surface area contributed by atoms with Crippen LogP contribution in [0.4, 0.5) is 4.39 Å². The largest absolute Gasteiger partial charge is 0.496 e. The molecular weight excluding hydrogens is 209 g/mol. The van der Waals surface area contributed by atoms with Gasteiger partial charge in [-0.1, -0.05) is 0 Å². The lowest BCUT2D eigenvalue weighted by Gasteiger charge is -2.08. The van der Waals surface area contributed by atoms with E-state index in [0.29, 0.717) is 25.3 Å². The number of halogens is 1. The Labute approximate surface area is 94.6 Å². The van der Waals surface area contributed by atoms with E-state index in [1.807, 2.05) is 0 Å². The van der Waals surface area contributed by atoms with Crippen LogP contribution in [0.1, 0.15) is 12.5 Å². The highest BCUT2D eigenvalue weighted by Crippen LogP contribution is 2.19. The third kappa shape index (κ3) is 3.98. The standard InChI is InChI=1S/C12H16FNO2/c1-9(15)8-14-6-5-10-7-11(13)3-4-12(10)16-2/h3-4,7,14H,5-6,8H2,1-2H3. The Morgan fingerprint density at radius 3 is 2.88 bits per heavy atom. The number of methoxy groups -OCH3 is 1. The van der Waals surface area contributed by atoms with Crippen molar-refractivity contribution >= 4 is 5.78 Å². The molecule has 1 N–H and O–H groups in total. The van der Waals surface area contributed by atoms with Crippen molar-refractivity contribution in [2.24, 2.45) is 0 Å². The van der Waals surface area contributed by atoms with Crippen LogP contribution < -0.4 is 10.1 Å². The molecule has 0 aliphatic heterocycles. The molecule has 3 nitrogen and oxygen atoms in total. The maximum absolute atomic E-state index is 13.0. The van der Waals surface area contributed by atoms with Gasteiger partial charge in [0.2, 0.25) is 0 Å². The van der Waals surface area contributed by atoms with Crippen molar-refractivity contribution in [3.63, 3.8) is 0 Å². The molecule has 0 saturated heterocycles. The van der Waals surface area contributed by atoms with Gasteiger partial charge < -0.3 is 10.1 Å². The molecule has 0 radical (unpaired) electrons. The summed E-state index contributed by atoms with van der Waals surface area (Å²) < 4.78 is 18.1. The Bertz CT molecular complexity index is 366. The van der Waals surface area contributed by atoms with E-state index in [9.17, 15) is 9.18 Å². The van der Waals surface area contributed by atoms with Gasteiger partial charge in [-0.15, -0.1) is 0 Å². The van der Waals surface area contributed by atoms with Gasteiger partial charge in [0, 0.05) is 0 Å². The molecule has 1 aromatic carbocycles. The van der Waals surface area contributed by atoms with E-state index < -0.39 is 0 Å². The fraction of sp³-hybridized carbons (Fsp3) is 0.417. The second-order valence-corrected chi connectivity index (χ2v) is 3.58. The van der Waals surface area contributed by atoms with Crippen LogP contribution in [0.25, 0.3) is 0 Å². The number of hydrogen-bond donors (Lipinski definition) is 1. The molecule has 0 atom stereocenters. The molecule has 0 amide bonds. The van der Waals surface area contributed by atoms with E-state index in [1.165, 1.54) is 19.1 Å². The Balaban J connectivity index is 2.51. The highest BCUT2D eigenvalue weighted by atomic mass is 19.1. The summed E-state index contributed by atoms with van der Waals surface area (Å²) in [6, 6.07) is 4.43. The molecule has 0 fully saturated rings. The lowest BCUT2D eigenvalue weighted by molar-refractivity contribution is -0.116. The van der Waals surface area contributed by atoms with E-state index in [1.54, 1.807) is 13.2 Å². The number of rotatable bonds is 6. The fourth-order valence-corrected chi connectivity index (χ4v) is 1.43. The summed E-state index contributed by atoms with van der Waals surface area (Å²) in [5, 5.41) is 2.98. The van der Waals surface area contributed by atoms with Crippen molar-refractivity contribution in [2.75, 3.05) is 20.2 Å². The maximum atomic E-state index is 13.0. The lowest BCUT2D eigenvalue weighted by atomic mass is 10.1. The van der Waals surface area contributed by atoms with Crippen LogP contribution in [0.3, 0.4) is 0 Å². The zero-order valence-electron chi connectivity index (χ0n) is 9.55. The Hall–Kier alpha value is -1.42. The quantitative estimate of drug-likeness (QED) is 0.747. The van der Waals surface area contributed by atoms with Gasteiger partial charge in [0.1, 0.15) is 17.3 Å². The minimum atomic E-state index is -0.276. The molecule has 0 heterocycles. The predicted octanol–water partition coefficient (Wildman–Crippen LogP) is 1.56. The number of ether oxygens (including phenoxy) is 1. The van der Waals surface area contributed by atoms with Crippen molar-refractivity contribution < 1.29 is 13.9 Å². The first kappa shape index (κ1) is 12.6. The molecule has 0 saturated carbocycles. The smallest absolute Gasteiger partial charge is 0.143 e. The van der Waals surface area contributed by atoms with Crippen LogP contribution in [0.5, 0.6) is 5.75 Å². The van der Waals surface area contributed by atoms with Crippen LogP contribution in [0, 0.1) is 5.82 Å². The second kappa shape index (κ2) is 6.23. The number of benzene rings is 1. The summed E-state index contributed by atoms with van der Waals surface area (Å²) in [7, 11) is 1.56. The first-order chi connectivity index (χ1) is 7.63. The lowest BCUT2D eigenvalue weighted by Crippen LogP contribution is -2.23. The summed E-state index contributed by atoms with van der Waals surface area (Å²) in [6.07, 6.45) is 0.633. The Morgan fingerprint density at radius 1 is 1.50 bits per heavy atom. The Morgan fingerprint density at radius 2 is 2.25 bits per heavy atom. The van der Waals surface area contributed by atoms with Crippen LogP contribution in [0.15, 0.2) is 18.2 Å². The number of nitrogens with one attached hydrogen (secondary N) is 1. The molecule has 1 rings (SSSR count). The molecule has 4 heteroatoms. The van der Waals surface area contributed by atoms with Gasteiger partial charge >= 0.3 is 0 Å². The summed E-state index contributed by atoms with van der Waals surface area (Å²) in [5.41, 5.74) is 0.804. The number of carbonyl (C=O) groups excluding carboxylic acids is 1. The fourth-order valence-electron chi connectivity index (χ4n) is 1.43. The molecular formula is C12H16FNO2. The third-order valence-electron chi connectivity index (χ3n) is 2.19. The van der Waals surface area contributed by atoms with Gasteiger partial charge in [0.25, 0.3) is 0 Å². The first-order valence-corrected chi connectivity index (χ1v) is 5.16. The van der Waals surface area contributed by atoms with Crippen LogP contribution in [-0.4, -0.2) is 26.0 Å². The zero-order chi connectivity index (χ0) is 12.0. The van der Waals surface area contributed by atoms with Gasteiger partial charge in [0.15, 0.2) is 0 Å². The van der Waals surface area contributed by atoms with E-state index in [4.69, 9.17) is 4.74 Å². The minimum absolute atomic E-state index is 0.0891. The van der Waals surface area contributed by atoms with Crippen LogP contribution >= 0.6 is 0 Å². The Kier molecular flexibility index (Phi) is 4.92. The normalized spacial score (nSPS) is 10.2. The SMILES string of the molecule is COc1ccc(F)cc1CCNCC(C)=O. The second-order valence-electron chi connectivity index (χ2n) is 3.58. The molecule has 0 spiro atoms. The van der Waals surface area contributed by atoms with E-state index in [0.717, 1.165) is 5.56 Å². The number of hydrogen-bond acceptors (Lipinski definition) is 3. The summed E-state index contributed by atoms with van der Waals surface area (Å²) in [5.74, 6) is 0.486. The predicted molar refractivity (Wildman–Crippen MR) is 60.2 cm³/mol. The van der Waals surface area contributed by atoms with Crippen molar-refractivity contribution in [1.82, 2.24) is 5.32 Å². The third-order valence-corrected chi connectivity index (χ3v) is 2.19.